The van der Waals surface area contributed by atoms with Gasteiger partial charge in [0, 0.05) is 23.9 Å². The molecule has 3 aliphatic carbocycles. The maximum atomic E-state index is 12.6. The van der Waals surface area contributed by atoms with Gasteiger partial charge in [-0.3, -0.25) is 9.59 Å². The summed E-state index contributed by atoms with van der Waals surface area (Å²) in [5.41, 5.74) is 4.68. The highest BCUT2D eigenvalue weighted by molar-refractivity contribution is 5.85. The molecule has 7 nitrogen and oxygen atoms in total. The number of nitrogens with one attached hydrogen (secondary N) is 1. The van der Waals surface area contributed by atoms with Crippen LogP contribution in [-0.2, 0) is 14.3 Å². The topological polar surface area (TPSA) is 95.9 Å². The van der Waals surface area contributed by atoms with E-state index in [1.54, 1.807) is 0 Å². The Morgan fingerprint density at radius 2 is 1.56 bits per heavy atom. The molecular weight excluding hydrogens is 408 g/mol. The Balaban J connectivity index is 1.13. The van der Waals surface area contributed by atoms with Gasteiger partial charge in [0.15, 0.2) is 0 Å². The van der Waals surface area contributed by atoms with Crippen LogP contribution in [0, 0.1) is 5.92 Å². The lowest BCUT2D eigenvalue weighted by molar-refractivity contribution is -0.148. The quantitative estimate of drug-likeness (QED) is 0.697. The SMILES string of the molecule is O=C(O)CN(C(=O)C1CC(NC(=O)OCC2c3ccccc3-c3ccccc32)C1)C1CC1. The van der Waals surface area contributed by atoms with Crippen molar-refractivity contribution in [2.24, 2.45) is 5.92 Å². The molecule has 2 fully saturated rings. The number of aliphatic carboxylic acids is 1. The molecule has 2 saturated carbocycles. The average molecular weight is 434 g/mol. The lowest BCUT2D eigenvalue weighted by atomic mass is 9.79. The number of carboxylic acid groups (broad SMARTS) is 1. The third kappa shape index (κ3) is 3.95. The standard InChI is InChI=1S/C25H26N2O5/c28-23(29)13-27(17-9-10-17)24(30)15-11-16(12-15)26-25(31)32-14-22-20-7-3-1-5-18(20)19-6-2-4-8-21(19)22/h1-8,15-17,22H,9-14H2,(H,26,31)(H,28,29). The van der Waals surface area contributed by atoms with Crippen molar-refractivity contribution in [1.29, 1.82) is 0 Å². The highest BCUT2D eigenvalue weighted by atomic mass is 16.5. The summed E-state index contributed by atoms with van der Waals surface area (Å²) in [7, 11) is 0. The number of amides is 2. The smallest absolute Gasteiger partial charge is 0.407 e. The number of hydrogen-bond donors (Lipinski definition) is 2. The zero-order valence-corrected chi connectivity index (χ0v) is 17.7. The van der Waals surface area contributed by atoms with Crippen LogP contribution in [0.4, 0.5) is 4.79 Å². The molecule has 3 aliphatic rings. The van der Waals surface area contributed by atoms with E-state index in [0.717, 1.165) is 24.0 Å². The molecule has 0 unspecified atom stereocenters. The van der Waals surface area contributed by atoms with Crippen molar-refractivity contribution in [2.75, 3.05) is 13.2 Å². The van der Waals surface area contributed by atoms with Crippen LogP contribution in [0.15, 0.2) is 48.5 Å². The predicted molar refractivity (Wildman–Crippen MR) is 117 cm³/mol. The van der Waals surface area contributed by atoms with Crippen LogP contribution in [0.1, 0.15) is 42.7 Å². The number of carbonyl (C=O) groups is 3. The van der Waals surface area contributed by atoms with Crippen molar-refractivity contribution in [2.45, 2.75) is 43.7 Å². The molecule has 5 rings (SSSR count). The van der Waals surface area contributed by atoms with Gasteiger partial charge >= 0.3 is 12.1 Å². The van der Waals surface area contributed by atoms with E-state index in [1.165, 1.54) is 16.0 Å². The van der Waals surface area contributed by atoms with Gasteiger partial charge in [-0.05, 0) is 47.9 Å². The van der Waals surface area contributed by atoms with Gasteiger partial charge in [-0.2, -0.15) is 0 Å². The maximum Gasteiger partial charge on any atom is 0.407 e. The molecule has 0 radical (unpaired) electrons. The van der Waals surface area contributed by atoms with E-state index in [1.807, 2.05) is 24.3 Å². The molecule has 0 atom stereocenters. The first-order chi connectivity index (χ1) is 15.5. The Bertz CT molecular complexity index is 1010. The summed E-state index contributed by atoms with van der Waals surface area (Å²) in [6, 6.07) is 16.3. The molecule has 7 heteroatoms. The Morgan fingerprint density at radius 3 is 2.12 bits per heavy atom. The number of carbonyl (C=O) groups excluding carboxylic acids is 2. The number of nitrogens with zero attached hydrogens (tertiary/aromatic N) is 1. The molecule has 0 aliphatic heterocycles. The number of ether oxygens (including phenoxy) is 1. The molecular formula is C25H26N2O5. The summed E-state index contributed by atoms with van der Waals surface area (Å²) < 4.78 is 5.57. The van der Waals surface area contributed by atoms with E-state index >= 15 is 0 Å². The fourth-order valence-corrected chi connectivity index (χ4v) is 4.90. The first-order valence-electron chi connectivity index (χ1n) is 11.1. The van der Waals surface area contributed by atoms with E-state index in [9.17, 15) is 14.4 Å². The van der Waals surface area contributed by atoms with Gasteiger partial charge in [0.2, 0.25) is 5.91 Å². The molecule has 166 valence electrons. The lowest BCUT2D eigenvalue weighted by Crippen LogP contribution is -2.51. The van der Waals surface area contributed by atoms with Crippen LogP contribution >= 0.6 is 0 Å². The van der Waals surface area contributed by atoms with Crippen molar-refractivity contribution < 1.29 is 24.2 Å². The second kappa shape index (κ2) is 8.30. The Kier molecular flexibility index (Phi) is 5.33. The summed E-state index contributed by atoms with van der Waals surface area (Å²) in [4.78, 5) is 37.6. The number of benzene rings is 2. The zero-order chi connectivity index (χ0) is 22.2. The Hall–Kier alpha value is -3.35. The Labute approximate surface area is 186 Å². The Morgan fingerprint density at radius 1 is 0.969 bits per heavy atom. The number of fused-ring (bicyclic) bond motifs is 3. The van der Waals surface area contributed by atoms with Gasteiger partial charge in [0.05, 0.1) is 0 Å². The van der Waals surface area contributed by atoms with Crippen LogP contribution < -0.4 is 5.32 Å². The average Bonchev–Trinajstić information content (AvgIpc) is 3.55. The molecule has 2 aromatic carbocycles. The van der Waals surface area contributed by atoms with Gasteiger partial charge < -0.3 is 20.1 Å². The van der Waals surface area contributed by atoms with Crippen LogP contribution in [0.25, 0.3) is 11.1 Å². The molecule has 0 aromatic heterocycles. The second-order valence-electron chi connectivity index (χ2n) is 8.93. The van der Waals surface area contributed by atoms with Crippen molar-refractivity contribution in [3.05, 3.63) is 59.7 Å². The first kappa shape index (κ1) is 20.5. The van der Waals surface area contributed by atoms with Gasteiger partial charge in [0.25, 0.3) is 0 Å². The molecule has 0 bridgehead atoms. The summed E-state index contributed by atoms with van der Waals surface area (Å²) in [6.45, 7) is 0.00742. The fraction of sp³-hybridized carbons (Fsp3) is 0.400. The largest absolute Gasteiger partial charge is 0.480 e. The first-order valence-corrected chi connectivity index (χ1v) is 11.1. The molecule has 0 saturated heterocycles. The number of hydrogen-bond acceptors (Lipinski definition) is 4. The number of rotatable bonds is 7. The van der Waals surface area contributed by atoms with Crippen molar-refractivity contribution in [3.8, 4) is 11.1 Å². The van der Waals surface area contributed by atoms with E-state index in [-0.39, 0.29) is 43.0 Å². The zero-order valence-electron chi connectivity index (χ0n) is 17.7. The van der Waals surface area contributed by atoms with Crippen LogP contribution in [0.2, 0.25) is 0 Å². The van der Waals surface area contributed by atoms with Gasteiger partial charge in [0.1, 0.15) is 13.2 Å². The number of alkyl carbamates (subject to hydrolysis) is 1. The highest BCUT2D eigenvalue weighted by Crippen LogP contribution is 2.44. The minimum absolute atomic E-state index is 0.00647. The fourth-order valence-electron chi connectivity index (χ4n) is 4.90. The molecule has 32 heavy (non-hydrogen) atoms. The van der Waals surface area contributed by atoms with Crippen LogP contribution in [-0.4, -0.2) is 53.2 Å². The van der Waals surface area contributed by atoms with Crippen LogP contribution in [0.3, 0.4) is 0 Å². The lowest BCUT2D eigenvalue weighted by Gasteiger charge is -2.37. The summed E-state index contributed by atoms with van der Waals surface area (Å²) in [5, 5.41) is 11.9. The predicted octanol–water partition coefficient (Wildman–Crippen LogP) is 3.38. The minimum Gasteiger partial charge on any atom is -0.480 e. The third-order valence-corrected chi connectivity index (χ3v) is 6.73. The summed E-state index contributed by atoms with van der Waals surface area (Å²) in [6.07, 6.45) is 2.30. The maximum absolute atomic E-state index is 12.6. The van der Waals surface area contributed by atoms with Gasteiger partial charge in [-0.1, -0.05) is 48.5 Å². The van der Waals surface area contributed by atoms with Crippen molar-refractivity contribution >= 4 is 18.0 Å². The van der Waals surface area contributed by atoms with Crippen molar-refractivity contribution in [1.82, 2.24) is 10.2 Å². The third-order valence-electron chi connectivity index (χ3n) is 6.73. The molecule has 2 N–H and O–H groups in total. The second-order valence-corrected chi connectivity index (χ2v) is 8.93. The minimum atomic E-state index is -0.988. The monoisotopic (exact) mass is 434 g/mol. The van der Waals surface area contributed by atoms with E-state index in [2.05, 4.69) is 29.6 Å². The molecule has 2 amide bonds. The molecule has 0 spiro atoms. The van der Waals surface area contributed by atoms with Crippen LogP contribution in [0.5, 0.6) is 0 Å². The highest BCUT2D eigenvalue weighted by Gasteiger charge is 2.42. The van der Waals surface area contributed by atoms with Crippen molar-refractivity contribution in [3.63, 3.8) is 0 Å². The molecule has 0 heterocycles. The summed E-state index contributed by atoms with van der Waals surface area (Å²) >= 11 is 0. The van der Waals surface area contributed by atoms with E-state index in [4.69, 9.17) is 9.84 Å². The molecule has 2 aromatic rings. The van der Waals surface area contributed by atoms with E-state index in [0.29, 0.717) is 12.8 Å². The van der Waals surface area contributed by atoms with Gasteiger partial charge in [-0.25, -0.2) is 4.79 Å². The normalized spacial score (nSPS) is 21.1. The summed E-state index contributed by atoms with van der Waals surface area (Å²) in [5.74, 6) is -1.32. The van der Waals surface area contributed by atoms with E-state index < -0.39 is 12.1 Å². The van der Waals surface area contributed by atoms with Gasteiger partial charge in [-0.15, -0.1) is 0 Å². The number of carboxylic acids is 1.